The lowest BCUT2D eigenvalue weighted by Gasteiger charge is -2.11. The van der Waals surface area contributed by atoms with Crippen molar-refractivity contribution in [1.29, 1.82) is 0 Å². The molecule has 1 N–H and O–H groups in total. The summed E-state index contributed by atoms with van der Waals surface area (Å²) in [6, 6.07) is 11.6. The molecule has 0 aliphatic heterocycles. The van der Waals surface area contributed by atoms with Crippen LogP contribution in [0.2, 0.25) is 0 Å². The van der Waals surface area contributed by atoms with Crippen LogP contribution in [0.15, 0.2) is 46.0 Å². The summed E-state index contributed by atoms with van der Waals surface area (Å²) in [7, 11) is 1.61. The first-order valence-corrected chi connectivity index (χ1v) is 11.9. The molecular weight excluding hydrogens is 472 g/mol. The summed E-state index contributed by atoms with van der Waals surface area (Å²) in [4.78, 5) is 12.0. The van der Waals surface area contributed by atoms with Crippen molar-refractivity contribution in [3.8, 4) is 17.2 Å². The van der Waals surface area contributed by atoms with Crippen LogP contribution in [0.25, 0.3) is 0 Å². The number of carbonyl (C=O) groups excluding carboxylic acids is 1. The van der Waals surface area contributed by atoms with Gasteiger partial charge in [0.25, 0.3) is 0 Å². The van der Waals surface area contributed by atoms with Gasteiger partial charge in [-0.3, -0.25) is 4.79 Å². The third-order valence-corrected chi connectivity index (χ3v) is 5.43. The van der Waals surface area contributed by atoms with E-state index >= 15 is 0 Å². The lowest BCUT2D eigenvalue weighted by Crippen LogP contribution is -2.18. The highest BCUT2D eigenvalue weighted by molar-refractivity contribution is 9.10. The second-order valence-corrected chi connectivity index (χ2v) is 8.18. The van der Waals surface area contributed by atoms with Gasteiger partial charge in [0.1, 0.15) is 5.75 Å². The molecule has 0 spiro atoms. The van der Waals surface area contributed by atoms with E-state index in [2.05, 4.69) is 46.4 Å². The minimum absolute atomic E-state index is 0.159. The van der Waals surface area contributed by atoms with Gasteiger partial charge < -0.3 is 14.2 Å². The molecule has 174 valence electrons. The number of hydrogen-bond acceptors (Lipinski definition) is 5. The molecule has 1 amide bonds. The predicted octanol–water partition coefficient (Wildman–Crippen LogP) is 5.90. The molecule has 0 heterocycles. The second kappa shape index (κ2) is 14.5. The Bertz CT molecular complexity index is 886. The number of hydrogen-bond donors (Lipinski definition) is 1. The Morgan fingerprint density at radius 3 is 2.47 bits per heavy atom. The molecule has 0 aliphatic rings. The van der Waals surface area contributed by atoms with E-state index in [-0.39, 0.29) is 5.91 Å². The monoisotopic (exact) mass is 504 g/mol. The van der Waals surface area contributed by atoms with Crippen LogP contribution in [-0.2, 0) is 11.2 Å². The molecule has 0 saturated carbocycles. The number of benzene rings is 2. The Kier molecular flexibility index (Phi) is 11.7. The van der Waals surface area contributed by atoms with E-state index in [4.69, 9.17) is 14.2 Å². The van der Waals surface area contributed by atoms with Crippen molar-refractivity contribution in [3.05, 3.63) is 52.0 Å². The molecule has 0 atom stereocenters. The quantitative estimate of drug-likeness (QED) is 0.197. The Labute approximate surface area is 199 Å². The fourth-order valence-electron chi connectivity index (χ4n) is 2.95. The van der Waals surface area contributed by atoms with Crippen LogP contribution in [0.3, 0.4) is 0 Å². The third-order valence-electron chi connectivity index (χ3n) is 4.81. The Balaban J connectivity index is 1.73. The molecule has 2 aromatic rings. The first-order chi connectivity index (χ1) is 15.6. The Morgan fingerprint density at radius 2 is 1.75 bits per heavy atom. The zero-order chi connectivity index (χ0) is 23.2. The SMILES string of the molecule is CCCCCOc1ccc(/C=N/NC(=O)CCCOc2ccc(CC)cc2Br)cc1OC. The molecule has 32 heavy (non-hydrogen) atoms. The number of hydrazone groups is 1. The van der Waals surface area contributed by atoms with Crippen molar-refractivity contribution >= 4 is 28.1 Å². The number of carbonyl (C=O) groups is 1. The van der Waals surface area contributed by atoms with Gasteiger partial charge in [0, 0.05) is 6.42 Å². The van der Waals surface area contributed by atoms with Crippen molar-refractivity contribution in [2.75, 3.05) is 20.3 Å². The largest absolute Gasteiger partial charge is 0.493 e. The zero-order valence-corrected chi connectivity index (χ0v) is 20.7. The highest BCUT2D eigenvalue weighted by Gasteiger charge is 2.06. The van der Waals surface area contributed by atoms with E-state index in [0.717, 1.165) is 41.5 Å². The topological polar surface area (TPSA) is 69.2 Å². The van der Waals surface area contributed by atoms with Crippen molar-refractivity contribution in [1.82, 2.24) is 5.43 Å². The van der Waals surface area contributed by atoms with Gasteiger partial charge in [-0.1, -0.05) is 32.8 Å². The van der Waals surface area contributed by atoms with E-state index < -0.39 is 0 Å². The lowest BCUT2D eigenvalue weighted by atomic mass is 10.2. The van der Waals surface area contributed by atoms with Gasteiger partial charge in [0.15, 0.2) is 11.5 Å². The molecule has 2 aromatic carbocycles. The van der Waals surface area contributed by atoms with E-state index in [0.29, 0.717) is 37.6 Å². The summed E-state index contributed by atoms with van der Waals surface area (Å²) < 4.78 is 17.9. The number of nitrogens with one attached hydrogen (secondary N) is 1. The lowest BCUT2D eigenvalue weighted by molar-refractivity contribution is -0.121. The molecule has 0 unspecified atom stereocenters. The number of methoxy groups -OCH3 is 1. The van der Waals surface area contributed by atoms with Gasteiger partial charge in [-0.2, -0.15) is 5.10 Å². The summed E-state index contributed by atoms with van der Waals surface area (Å²) in [5.41, 5.74) is 4.61. The molecule has 0 radical (unpaired) electrons. The maximum Gasteiger partial charge on any atom is 0.240 e. The van der Waals surface area contributed by atoms with E-state index in [1.165, 1.54) is 5.56 Å². The predicted molar refractivity (Wildman–Crippen MR) is 132 cm³/mol. The molecule has 0 saturated heterocycles. The molecule has 6 nitrogen and oxygen atoms in total. The van der Waals surface area contributed by atoms with Gasteiger partial charge in [-0.15, -0.1) is 0 Å². The Morgan fingerprint density at radius 1 is 1.00 bits per heavy atom. The summed E-state index contributed by atoms with van der Waals surface area (Å²) in [5, 5.41) is 4.03. The van der Waals surface area contributed by atoms with Crippen LogP contribution in [0.1, 0.15) is 57.1 Å². The number of nitrogens with zero attached hydrogens (tertiary/aromatic N) is 1. The summed E-state index contributed by atoms with van der Waals surface area (Å²) in [6.07, 6.45) is 6.80. The molecule has 2 rings (SSSR count). The molecule has 0 bridgehead atoms. The van der Waals surface area contributed by atoms with Crippen molar-refractivity contribution in [3.63, 3.8) is 0 Å². The van der Waals surface area contributed by atoms with Crippen LogP contribution in [0.4, 0.5) is 0 Å². The maximum atomic E-state index is 12.0. The fraction of sp³-hybridized carbons (Fsp3) is 0.440. The summed E-state index contributed by atoms with van der Waals surface area (Å²) in [5.74, 6) is 1.98. The smallest absolute Gasteiger partial charge is 0.240 e. The average molecular weight is 505 g/mol. The first-order valence-electron chi connectivity index (χ1n) is 11.1. The number of unbranched alkanes of at least 4 members (excludes halogenated alkanes) is 2. The van der Waals surface area contributed by atoms with Gasteiger partial charge in [-0.25, -0.2) is 5.43 Å². The summed E-state index contributed by atoms with van der Waals surface area (Å²) in [6.45, 7) is 5.39. The number of rotatable bonds is 14. The van der Waals surface area contributed by atoms with Gasteiger partial charge in [-0.05, 0) is 76.7 Å². The van der Waals surface area contributed by atoms with Crippen molar-refractivity contribution in [2.24, 2.45) is 5.10 Å². The highest BCUT2D eigenvalue weighted by atomic mass is 79.9. The van der Waals surface area contributed by atoms with Crippen LogP contribution < -0.4 is 19.6 Å². The van der Waals surface area contributed by atoms with Gasteiger partial charge >= 0.3 is 0 Å². The third kappa shape index (κ3) is 8.91. The highest BCUT2D eigenvalue weighted by Crippen LogP contribution is 2.28. The molecular formula is C25H33BrN2O4. The molecule has 0 aromatic heterocycles. The van der Waals surface area contributed by atoms with Crippen molar-refractivity contribution in [2.45, 2.75) is 52.4 Å². The fourth-order valence-corrected chi connectivity index (χ4v) is 3.49. The van der Waals surface area contributed by atoms with Crippen LogP contribution in [0, 0.1) is 0 Å². The van der Waals surface area contributed by atoms with Gasteiger partial charge in [0.2, 0.25) is 5.91 Å². The zero-order valence-electron chi connectivity index (χ0n) is 19.2. The average Bonchev–Trinajstić information content (AvgIpc) is 2.80. The van der Waals surface area contributed by atoms with E-state index in [9.17, 15) is 4.79 Å². The first kappa shape index (κ1) is 25.7. The summed E-state index contributed by atoms with van der Waals surface area (Å²) >= 11 is 3.52. The standard InChI is InChI=1S/C25H33BrN2O4/c1-4-6-7-14-32-23-13-11-20(17-24(23)30-3)18-27-28-25(29)9-8-15-31-22-12-10-19(5-2)16-21(22)26/h10-13,16-18H,4-9,14-15H2,1-3H3,(H,28,29)/b27-18+. The number of halogens is 1. The van der Waals surface area contributed by atoms with Crippen LogP contribution >= 0.6 is 15.9 Å². The second-order valence-electron chi connectivity index (χ2n) is 7.33. The maximum absolute atomic E-state index is 12.0. The van der Waals surface area contributed by atoms with Crippen LogP contribution in [0.5, 0.6) is 17.2 Å². The number of amides is 1. The molecule has 0 fully saturated rings. The molecule has 0 aliphatic carbocycles. The van der Waals surface area contributed by atoms with E-state index in [1.807, 2.05) is 30.3 Å². The Hall–Kier alpha value is -2.54. The minimum atomic E-state index is -0.159. The number of ether oxygens (including phenoxy) is 3. The van der Waals surface area contributed by atoms with Crippen LogP contribution in [-0.4, -0.2) is 32.4 Å². The van der Waals surface area contributed by atoms with Crippen molar-refractivity contribution < 1.29 is 19.0 Å². The molecule has 7 heteroatoms. The van der Waals surface area contributed by atoms with E-state index in [1.54, 1.807) is 13.3 Å². The minimum Gasteiger partial charge on any atom is -0.493 e. The normalized spacial score (nSPS) is 10.9. The van der Waals surface area contributed by atoms with Gasteiger partial charge in [0.05, 0.1) is 31.0 Å². The number of aryl methyl sites for hydroxylation is 1.